The van der Waals surface area contributed by atoms with E-state index in [4.69, 9.17) is 14.0 Å². The average Bonchev–Trinajstić information content (AvgIpc) is 1.58. The average molecular weight is 79.2 g/mol. The molecule has 0 aliphatic heterocycles. The van der Waals surface area contributed by atoms with Crippen LogP contribution in [0.5, 0.6) is 0 Å². The van der Waals surface area contributed by atoms with Crippen LogP contribution in [0.15, 0.2) is 0 Å². The molecule has 2 N–H and O–H groups in total. The van der Waals surface area contributed by atoms with Crippen LogP contribution in [0, 0.1) is 0 Å². The van der Waals surface area contributed by atoms with Crippen LogP contribution in [0.3, 0.4) is 0 Å². The zero-order valence-electron chi connectivity index (χ0n) is 9.08. The molecular formula is C4H11N. The summed E-state index contributed by atoms with van der Waals surface area (Å²) >= 11 is 0. The summed E-state index contributed by atoms with van der Waals surface area (Å²) in [7, 11) is 0. The lowest BCUT2D eigenvalue weighted by atomic mass is 10.1. The molecule has 0 aliphatic rings. The molecule has 0 radical (unpaired) electrons. The fourth-order valence-corrected chi connectivity index (χ4v) is 0. The summed E-state index contributed by atoms with van der Waals surface area (Å²) in [6.45, 7) is -4.30. The maximum atomic E-state index is 6.84. The van der Waals surface area contributed by atoms with Crippen molar-refractivity contribution in [3.05, 3.63) is 0 Å². The van der Waals surface area contributed by atoms with Crippen molar-refractivity contribution in [2.45, 2.75) is 26.2 Å². The molecule has 0 heterocycles. The highest BCUT2D eigenvalue weighted by atomic mass is 14.7. The van der Waals surface area contributed by atoms with E-state index in [1.165, 1.54) is 0 Å². The smallest absolute Gasteiger partial charge is 0.0249 e. The molecule has 0 saturated carbocycles. The van der Waals surface area contributed by atoms with Crippen LogP contribution < -0.4 is 5.73 Å². The Morgan fingerprint density at radius 3 is 2.20 bits per heavy atom. The minimum atomic E-state index is -2.65. The van der Waals surface area contributed by atoms with Crippen molar-refractivity contribution in [2.24, 2.45) is 5.73 Å². The largest absolute Gasteiger partial charge is 0.326 e. The Bertz CT molecular complexity index is 126. The van der Waals surface area contributed by atoms with Gasteiger partial charge in [-0.25, -0.2) is 0 Å². The molecule has 0 aliphatic carbocycles. The van der Waals surface area contributed by atoms with Crippen LogP contribution in [0.2, 0.25) is 0 Å². The number of rotatable bonds is 0. The van der Waals surface area contributed by atoms with Crippen molar-refractivity contribution in [2.75, 3.05) is 0 Å². The first-order valence-electron chi connectivity index (χ1n) is 4.29. The lowest BCUT2D eigenvalue weighted by molar-refractivity contribution is 0.580. The lowest BCUT2D eigenvalue weighted by Gasteiger charge is -2.06. The third-order valence-corrected chi connectivity index (χ3v) is 0. The van der Waals surface area contributed by atoms with E-state index < -0.39 is 19.2 Å². The van der Waals surface area contributed by atoms with Gasteiger partial charge in [0, 0.05) is 13.8 Å². The van der Waals surface area contributed by atoms with Crippen molar-refractivity contribution in [1.82, 2.24) is 0 Å². The summed E-state index contributed by atoms with van der Waals surface area (Å²) in [5.74, 6) is 0. The Hall–Kier alpha value is -0.0400. The minimum Gasteiger partial charge on any atom is -0.326 e. The molecule has 0 aromatic carbocycles. The summed E-state index contributed by atoms with van der Waals surface area (Å²) in [4.78, 5) is 0. The van der Waals surface area contributed by atoms with Gasteiger partial charge in [-0.3, -0.25) is 0 Å². The molecule has 0 rings (SSSR count). The number of hydrogen-bond donors (Lipinski definition) is 1. The van der Waals surface area contributed by atoms with E-state index in [9.17, 15) is 0 Å². The molecule has 0 spiro atoms. The van der Waals surface area contributed by atoms with Crippen molar-refractivity contribution in [3.63, 3.8) is 0 Å². The third-order valence-electron chi connectivity index (χ3n) is 0. The van der Waals surface area contributed by atoms with E-state index >= 15 is 0 Å². The second-order valence-electron chi connectivity index (χ2n) is 1.20. The van der Waals surface area contributed by atoms with Gasteiger partial charge in [-0.1, -0.05) is 0 Å². The highest BCUT2D eigenvalue weighted by molar-refractivity contribution is 4.60. The first-order chi connectivity index (χ1) is 4.50. The summed E-state index contributed by atoms with van der Waals surface area (Å²) in [5.41, 5.74) is 3.02. The normalized spacial score (nSPS) is 34.8. The van der Waals surface area contributed by atoms with E-state index in [1.807, 2.05) is 0 Å². The van der Waals surface area contributed by atoms with Gasteiger partial charge in [-0.05, 0) is 20.6 Å². The van der Waals surface area contributed by atoms with E-state index in [2.05, 4.69) is 0 Å². The Kier molecular flexibility index (Phi) is 0.153. The molecule has 0 atom stereocenters. The van der Waals surface area contributed by atoms with Crippen molar-refractivity contribution < 1.29 is 8.22 Å². The Morgan fingerprint density at radius 2 is 2.20 bits per heavy atom. The Balaban J connectivity index is 4.75. The number of nitrogens with two attached hydrogens (primary N) is 1. The molecule has 0 saturated heterocycles. The van der Waals surface area contributed by atoms with Gasteiger partial charge in [0.1, 0.15) is 0 Å². The van der Waals surface area contributed by atoms with Gasteiger partial charge in [-0.2, -0.15) is 0 Å². The third kappa shape index (κ3) is 9510. The van der Waals surface area contributed by atoms with Crippen LogP contribution in [0.1, 0.15) is 28.9 Å². The van der Waals surface area contributed by atoms with Gasteiger partial charge < -0.3 is 5.73 Å². The molecule has 0 unspecified atom stereocenters. The summed E-state index contributed by atoms with van der Waals surface area (Å²) < 4.78 is 41.0. The second kappa shape index (κ2) is 0.977. The predicted octanol–water partition coefficient (Wildman–Crippen LogP) is 0.744. The Morgan fingerprint density at radius 1 is 1.80 bits per heavy atom. The second-order valence-corrected chi connectivity index (χ2v) is 1.20. The van der Waals surface area contributed by atoms with Gasteiger partial charge in [-0.15, -0.1) is 0 Å². The first kappa shape index (κ1) is 0.784. The van der Waals surface area contributed by atoms with E-state index in [0.29, 0.717) is 0 Å². The minimum absolute atomic E-state index is 1.01. The van der Waals surface area contributed by atoms with Crippen molar-refractivity contribution in [3.8, 4) is 0 Å². The predicted molar refractivity (Wildman–Crippen MR) is 23.9 cm³/mol. The quantitative estimate of drug-likeness (QED) is 0.455. The van der Waals surface area contributed by atoms with E-state index in [1.54, 1.807) is 0 Å². The fourth-order valence-electron chi connectivity index (χ4n) is 0. The van der Waals surface area contributed by atoms with Crippen molar-refractivity contribution >= 4 is 0 Å². The van der Waals surface area contributed by atoms with Gasteiger partial charge in [0.05, 0.1) is 0 Å². The van der Waals surface area contributed by atoms with Crippen molar-refractivity contribution in [1.29, 1.82) is 0 Å². The van der Waals surface area contributed by atoms with Crippen LogP contribution in [-0.2, 0) is 0 Å². The number of hydrogen-bond acceptors (Lipinski definition) is 1. The molecule has 1 heteroatoms. The molecular weight excluding hydrogens is 62.1 g/mol. The van der Waals surface area contributed by atoms with E-state index in [0.717, 1.165) is 6.92 Å². The fraction of sp³-hybridized carbons (Fsp3) is 1.00. The van der Waals surface area contributed by atoms with Crippen LogP contribution >= 0.6 is 0 Å². The van der Waals surface area contributed by atoms with Crippen LogP contribution in [-0.4, -0.2) is 5.54 Å². The molecule has 0 fully saturated rings. The zero-order valence-corrected chi connectivity index (χ0v) is 3.08. The summed E-state index contributed by atoms with van der Waals surface area (Å²) in [6, 6.07) is 0. The molecule has 0 amide bonds. The molecule has 1 nitrogen and oxygen atoms in total. The SMILES string of the molecule is [2H]C([2H])([2H])C(C)(N)C([2H])([2H])[2H]. The van der Waals surface area contributed by atoms with Crippen LogP contribution in [0.4, 0.5) is 0 Å². The monoisotopic (exact) mass is 79.1 g/mol. The molecule has 0 aromatic heterocycles. The topological polar surface area (TPSA) is 26.0 Å². The van der Waals surface area contributed by atoms with Gasteiger partial charge in [0.2, 0.25) is 0 Å². The summed E-state index contributed by atoms with van der Waals surface area (Å²) in [6.07, 6.45) is 0. The van der Waals surface area contributed by atoms with E-state index in [-0.39, 0.29) is 0 Å². The highest BCUT2D eigenvalue weighted by Crippen LogP contribution is 1.88. The maximum absolute atomic E-state index is 6.84. The van der Waals surface area contributed by atoms with Crippen LogP contribution in [0.25, 0.3) is 0 Å². The Labute approximate surface area is 41.6 Å². The molecule has 0 aromatic rings. The summed E-state index contributed by atoms with van der Waals surface area (Å²) in [5, 5.41) is 0. The molecule has 5 heavy (non-hydrogen) atoms. The van der Waals surface area contributed by atoms with Gasteiger partial charge in [0.15, 0.2) is 0 Å². The molecule has 0 bridgehead atoms. The first-order valence-corrected chi connectivity index (χ1v) is 1.29. The standard InChI is InChI=1S/C4H11N/c1-4(2,3)5/h5H2,1-3H3/i1D3,2D3. The lowest BCUT2D eigenvalue weighted by Crippen LogP contribution is -2.26. The molecule has 32 valence electrons. The zero-order chi connectivity index (χ0) is 9.50. The maximum Gasteiger partial charge on any atom is 0.0249 e. The van der Waals surface area contributed by atoms with Gasteiger partial charge >= 0.3 is 0 Å². The highest BCUT2D eigenvalue weighted by Gasteiger charge is 1.95. The van der Waals surface area contributed by atoms with Gasteiger partial charge in [0.25, 0.3) is 0 Å².